The monoisotopic (exact) mass is 180 g/mol. The molecule has 0 aliphatic rings. The number of hydrogen-bond donors (Lipinski definition) is 1. The largest absolute Gasteiger partial charge is 0.319 e. The van der Waals surface area contributed by atoms with Crippen molar-refractivity contribution >= 4 is 0 Å². The van der Waals surface area contributed by atoms with Crippen LogP contribution in [-0.4, -0.2) is 28.4 Å². The Morgan fingerprint density at radius 1 is 1.54 bits per heavy atom. The second kappa shape index (κ2) is 5.48. The third-order valence-electron chi connectivity index (χ3n) is 1.83. The number of allylic oxidation sites excluding steroid dienone is 1. The standard InChI is InChI=1S/C9H16N4/c1-10-7-5-3-4-6-9-11-8-12-13(9)2/h3-4,8,10H,5-7H2,1-2H3. The Morgan fingerprint density at radius 2 is 2.38 bits per heavy atom. The summed E-state index contributed by atoms with van der Waals surface area (Å²) in [6, 6.07) is 0. The van der Waals surface area contributed by atoms with E-state index in [-0.39, 0.29) is 0 Å². The number of hydrogen-bond acceptors (Lipinski definition) is 3. The second-order valence-corrected chi connectivity index (χ2v) is 2.87. The van der Waals surface area contributed by atoms with Crippen molar-refractivity contribution in [3.05, 3.63) is 24.3 Å². The minimum Gasteiger partial charge on any atom is -0.319 e. The first-order valence-electron chi connectivity index (χ1n) is 4.47. The van der Waals surface area contributed by atoms with Crippen LogP contribution >= 0.6 is 0 Å². The topological polar surface area (TPSA) is 42.7 Å². The SMILES string of the molecule is CNCCC=CCc1ncnn1C. The van der Waals surface area contributed by atoms with Gasteiger partial charge in [-0.05, 0) is 20.0 Å². The first kappa shape index (κ1) is 9.92. The predicted octanol–water partition coefficient (Wildman–Crippen LogP) is 0.523. The van der Waals surface area contributed by atoms with E-state index < -0.39 is 0 Å². The lowest BCUT2D eigenvalue weighted by Crippen LogP contribution is -2.05. The van der Waals surface area contributed by atoms with Crippen LogP contribution in [0, 0.1) is 0 Å². The average Bonchev–Trinajstić information content (AvgIpc) is 2.52. The maximum atomic E-state index is 4.12. The fraction of sp³-hybridized carbons (Fsp3) is 0.556. The van der Waals surface area contributed by atoms with E-state index in [4.69, 9.17) is 0 Å². The van der Waals surface area contributed by atoms with Gasteiger partial charge in [-0.1, -0.05) is 12.2 Å². The fourth-order valence-electron chi connectivity index (χ4n) is 1.04. The number of nitrogens with zero attached hydrogens (tertiary/aromatic N) is 3. The molecule has 0 saturated heterocycles. The predicted molar refractivity (Wildman–Crippen MR) is 52.4 cm³/mol. The molecule has 1 aromatic rings. The summed E-state index contributed by atoms with van der Waals surface area (Å²) in [5, 5.41) is 7.08. The van der Waals surface area contributed by atoms with E-state index in [1.165, 1.54) is 0 Å². The van der Waals surface area contributed by atoms with Crippen molar-refractivity contribution in [1.82, 2.24) is 20.1 Å². The highest BCUT2D eigenvalue weighted by molar-refractivity contribution is 4.95. The first-order valence-corrected chi connectivity index (χ1v) is 4.47. The van der Waals surface area contributed by atoms with Crippen LogP contribution in [0.15, 0.2) is 18.5 Å². The lowest BCUT2D eigenvalue weighted by atomic mass is 10.3. The van der Waals surface area contributed by atoms with Crippen molar-refractivity contribution in [2.75, 3.05) is 13.6 Å². The zero-order chi connectivity index (χ0) is 9.52. The zero-order valence-corrected chi connectivity index (χ0v) is 8.20. The van der Waals surface area contributed by atoms with E-state index in [0.717, 1.165) is 25.2 Å². The first-order chi connectivity index (χ1) is 6.34. The van der Waals surface area contributed by atoms with Crippen LogP contribution in [0.2, 0.25) is 0 Å². The molecule has 0 spiro atoms. The third-order valence-corrected chi connectivity index (χ3v) is 1.83. The van der Waals surface area contributed by atoms with E-state index in [1.54, 1.807) is 11.0 Å². The summed E-state index contributed by atoms with van der Waals surface area (Å²) in [5.41, 5.74) is 0. The lowest BCUT2D eigenvalue weighted by molar-refractivity contribution is 0.719. The summed E-state index contributed by atoms with van der Waals surface area (Å²) in [6.45, 7) is 1.02. The molecule has 1 rings (SSSR count). The van der Waals surface area contributed by atoms with Crippen molar-refractivity contribution < 1.29 is 0 Å². The quantitative estimate of drug-likeness (QED) is 0.530. The van der Waals surface area contributed by atoms with Gasteiger partial charge in [0.05, 0.1) is 0 Å². The summed E-state index contributed by atoms with van der Waals surface area (Å²) in [6.07, 6.45) is 7.79. The smallest absolute Gasteiger partial charge is 0.138 e. The fourth-order valence-corrected chi connectivity index (χ4v) is 1.04. The second-order valence-electron chi connectivity index (χ2n) is 2.87. The van der Waals surface area contributed by atoms with E-state index in [1.807, 2.05) is 14.1 Å². The van der Waals surface area contributed by atoms with Crippen LogP contribution in [0.4, 0.5) is 0 Å². The van der Waals surface area contributed by atoms with Crippen molar-refractivity contribution in [2.24, 2.45) is 7.05 Å². The molecule has 0 saturated carbocycles. The van der Waals surface area contributed by atoms with Gasteiger partial charge >= 0.3 is 0 Å². The highest BCUT2D eigenvalue weighted by Crippen LogP contribution is 1.94. The normalized spacial score (nSPS) is 11.2. The molecule has 0 atom stereocenters. The third kappa shape index (κ3) is 3.38. The van der Waals surface area contributed by atoms with Gasteiger partial charge < -0.3 is 5.32 Å². The minimum absolute atomic E-state index is 0.861. The maximum absolute atomic E-state index is 4.12. The van der Waals surface area contributed by atoms with Crippen LogP contribution in [-0.2, 0) is 13.5 Å². The van der Waals surface area contributed by atoms with E-state index in [9.17, 15) is 0 Å². The number of rotatable bonds is 5. The molecule has 0 fully saturated rings. The molecule has 1 N–H and O–H groups in total. The summed E-state index contributed by atoms with van der Waals surface area (Å²) < 4.78 is 1.79. The summed E-state index contributed by atoms with van der Waals surface area (Å²) >= 11 is 0. The molecule has 0 bridgehead atoms. The Labute approximate surface area is 78.7 Å². The Balaban J connectivity index is 2.26. The van der Waals surface area contributed by atoms with Gasteiger partial charge in [-0.25, -0.2) is 4.98 Å². The van der Waals surface area contributed by atoms with Gasteiger partial charge in [-0.2, -0.15) is 5.10 Å². The lowest BCUT2D eigenvalue weighted by Gasteiger charge is -1.94. The Hall–Kier alpha value is -1.16. The summed E-state index contributed by atoms with van der Waals surface area (Å²) in [7, 11) is 3.86. The molecule has 1 heterocycles. The van der Waals surface area contributed by atoms with Gasteiger partial charge in [0.1, 0.15) is 12.2 Å². The van der Waals surface area contributed by atoms with Crippen molar-refractivity contribution in [1.29, 1.82) is 0 Å². The highest BCUT2D eigenvalue weighted by Gasteiger charge is 1.94. The summed E-state index contributed by atoms with van der Waals surface area (Å²) in [5.74, 6) is 1.00. The molecule has 0 aliphatic carbocycles. The maximum Gasteiger partial charge on any atom is 0.138 e. The van der Waals surface area contributed by atoms with E-state index >= 15 is 0 Å². The average molecular weight is 180 g/mol. The van der Waals surface area contributed by atoms with Crippen LogP contribution < -0.4 is 5.32 Å². The molecule has 0 unspecified atom stereocenters. The van der Waals surface area contributed by atoms with Gasteiger partial charge in [0.15, 0.2) is 0 Å². The number of nitrogens with one attached hydrogen (secondary N) is 1. The number of aryl methyl sites for hydroxylation is 1. The highest BCUT2D eigenvalue weighted by atomic mass is 15.3. The van der Waals surface area contributed by atoms with Crippen LogP contribution in [0.3, 0.4) is 0 Å². The van der Waals surface area contributed by atoms with Gasteiger partial charge in [0.2, 0.25) is 0 Å². The van der Waals surface area contributed by atoms with Crippen LogP contribution in [0.25, 0.3) is 0 Å². The summed E-state index contributed by atoms with van der Waals surface area (Å²) in [4.78, 5) is 4.12. The Bertz CT molecular complexity index is 264. The van der Waals surface area contributed by atoms with Gasteiger partial charge in [0.25, 0.3) is 0 Å². The molecule has 0 aliphatic heterocycles. The molecule has 13 heavy (non-hydrogen) atoms. The molecule has 4 heteroatoms. The van der Waals surface area contributed by atoms with E-state index in [0.29, 0.717) is 0 Å². The van der Waals surface area contributed by atoms with Crippen molar-refractivity contribution in [2.45, 2.75) is 12.8 Å². The number of aromatic nitrogens is 3. The van der Waals surface area contributed by atoms with E-state index in [2.05, 4.69) is 27.6 Å². The molecule has 72 valence electrons. The van der Waals surface area contributed by atoms with Gasteiger partial charge in [-0.15, -0.1) is 0 Å². The van der Waals surface area contributed by atoms with Crippen molar-refractivity contribution in [3.63, 3.8) is 0 Å². The molecular formula is C9H16N4. The van der Waals surface area contributed by atoms with Crippen LogP contribution in [0.1, 0.15) is 12.2 Å². The minimum atomic E-state index is 0.861. The van der Waals surface area contributed by atoms with Crippen molar-refractivity contribution in [3.8, 4) is 0 Å². The van der Waals surface area contributed by atoms with Gasteiger partial charge in [0, 0.05) is 13.5 Å². The molecule has 0 aromatic carbocycles. The Morgan fingerprint density at radius 3 is 3.00 bits per heavy atom. The molecular weight excluding hydrogens is 164 g/mol. The molecule has 4 nitrogen and oxygen atoms in total. The molecule has 0 amide bonds. The van der Waals surface area contributed by atoms with Gasteiger partial charge in [-0.3, -0.25) is 4.68 Å². The molecule has 1 aromatic heterocycles. The molecule has 0 radical (unpaired) electrons. The Kier molecular flexibility index (Phi) is 4.18. The zero-order valence-electron chi connectivity index (χ0n) is 8.20. The van der Waals surface area contributed by atoms with Crippen LogP contribution in [0.5, 0.6) is 0 Å².